The summed E-state index contributed by atoms with van der Waals surface area (Å²) in [6.07, 6.45) is 9.99. The lowest BCUT2D eigenvalue weighted by molar-refractivity contribution is 0.908. The summed E-state index contributed by atoms with van der Waals surface area (Å²) in [5, 5.41) is 3.16. The van der Waals surface area contributed by atoms with Gasteiger partial charge >= 0.3 is 0 Å². The van der Waals surface area contributed by atoms with Crippen LogP contribution in [0.1, 0.15) is 6.92 Å². The zero-order valence-corrected chi connectivity index (χ0v) is 7.62. The van der Waals surface area contributed by atoms with Crippen LogP contribution < -0.4 is 5.32 Å². The van der Waals surface area contributed by atoms with Crippen molar-refractivity contribution < 1.29 is 0 Å². The van der Waals surface area contributed by atoms with Crippen LogP contribution >= 0.6 is 0 Å². The molecule has 0 amide bonds. The fraction of sp³-hybridized carbons (Fsp3) is 0.182. The van der Waals surface area contributed by atoms with Gasteiger partial charge in [0, 0.05) is 17.8 Å². The molecule has 1 unspecified atom stereocenters. The highest BCUT2D eigenvalue weighted by Gasteiger charge is 2.14. The first-order chi connectivity index (χ1) is 6.29. The van der Waals surface area contributed by atoms with Gasteiger partial charge in [-0.2, -0.15) is 0 Å². The highest BCUT2D eigenvalue weighted by molar-refractivity contribution is 5.80. The Morgan fingerprint density at radius 2 is 2.38 bits per heavy atom. The number of aliphatic imine (C=N–C) groups is 1. The van der Waals surface area contributed by atoms with Crippen molar-refractivity contribution in [2.24, 2.45) is 10.9 Å². The lowest BCUT2D eigenvalue weighted by atomic mass is 9.96. The van der Waals surface area contributed by atoms with Gasteiger partial charge in [0.15, 0.2) is 0 Å². The van der Waals surface area contributed by atoms with Gasteiger partial charge in [-0.25, -0.2) is 0 Å². The first kappa shape index (κ1) is 8.05. The van der Waals surface area contributed by atoms with Crippen LogP contribution in [-0.4, -0.2) is 6.21 Å². The van der Waals surface area contributed by atoms with Crippen LogP contribution in [0, 0.1) is 5.92 Å². The predicted octanol–water partition coefficient (Wildman–Crippen LogP) is 2.15. The molecule has 2 heterocycles. The number of fused-ring (bicyclic) bond motifs is 1. The molecule has 0 saturated carbocycles. The highest BCUT2D eigenvalue weighted by Crippen LogP contribution is 2.23. The molecule has 1 atom stereocenters. The molecule has 0 aromatic heterocycles. The molecule has 0 fully saturated rings. The Bertz CT molecular complexity index is 354. The molecule has 2 aliphatic rings. The van der Waals surface area contributed by atoms with E-state index < -0.39 is 0 Å². The summed E-state index contributed by atoms with van der Waals surface area (Å²) in [4.78, 5) is 4.27. The molecule has 0 aromatic carbocycles. The quantitative estimate of drug-likeness (QED) is 0.644. The van der Waals surface area contributed by atoms with Crippen molar-refractivity contribution in [3.05, 3.63) is 48.0 Å². The van der Waals surface area contributed by atoms with Gasteiger partial charge in [-0.1, -0.05) is 18.7 Å². The van der Waals surface area contributed by atoms with Gasteiger partial charge in [0.05, 0.1) is 11.9 Å². The van der Waals surface area contributed by atoms with Crippen molar-refractivity contribution in [2.45, 2.75) is 6.92 Å². The summed E-state index contributed by atoms with van der Waals surface area (Å²) in [6, 6.07) is 0. The first-order valence-electron chi connectivity index (χ1n) is 4.33. The van der Waals surface area contributed by atoms with Gasteiger partial charge in [0.2, 0.25) is 0 Å². The maximum Gasteiger partial charge on any atom is 0.0534 e. The van der Waals surface area contributed by atoms with Gasteiger partial charge in [-0.15, -0.1) is 0 Å². The second kappa shape index (κ2) is 3.05. The number of nitrogens with one attached hydrogen (secondary N) is 1. The third-order valence-corrected chi connectivity index (χ3v) is 2.21. The Kier molecular flexibility index (Phi) is 1.89. The molecule has 0 spiro atoms. The molecule has 2 heteroatoms. The van der Waals surface area contributed by atoms with Crippen LogP contribution in [0.2, 0.25) is 0 Å². The molecular formula is C11H12N2. The van der Waals surface area contributed by atoms with Crippen molar-refractivity contribution >= 4 is 6.21 Å². The first-order valence-corrected chi connectivity index (χ1v) is 4.33. The van der Waals surface area contributed by atoms with Crippen molar-refractivity contribution in [1.29, 1.82) is 0 Å². The summed E-state index contributed by atoms with van der Waals surface area (Å²) >= 11 is 0. The molecule has 0 aromatic rings. The summed E-state index contributed by atoms with van der Waals surface area (Å²) in [7, 11) is 0. The van der Waals surface area contributed by atoms with E-state index in [9.17, 15) is 0 Å². The Morgan fingerprint density at radius 1 is 1.54 bits per heavy atom. The van der Waals surface area contributed by atoms with Crippen molar-refractivity contribution in [3.63, 3.8) is 0 Å². The van der Waals surface area contributed by atoms with E-state index in [1.54, 1.807) is 0 Å². The molecule has 2 nitrogen and oxygen atoms in total. The molecule has 2 bridgehead atoms. The minimum atomic E-state index is 0.330. The van der Waals surface area contributed by atoms with Crippen LogP contribution in [-0.2, 0) is 0 Å². The van der Waals surface area contributed by atoms with E-state index in [0.717, 1.165) is 11.4 Å². The molecule has 0 saturated heterocycles. The third-order valence-electron chi connectivity index (χ3n) is 2.21. The van der Waals surface area contributed by atoms with E-state index in [1.165, 1.54) is 5.57 Å². The van der Waals surface area contributed by atoms with Crippen LogP contribution in [0.4, 0.5) is 0 Å². The SMILES string of the molecule is C=CC1=CNC2=CC1C=C(C)N=C2. The summed E-state index contributed by atoms with van der Waals surface area (Å²) in [6.45, 7) is 5.79. The van der Waals surface area contributed by atoms with Gasteiger partial charge in [-0.05, 0) is 18.6 Å². The smallest absolute Gasteiger partial charge is 0.0534 e. The Labute approximate surface area is 78.1 Å². The monoisotopic (exact) mass is 172 g/mol. The largest absolute Gasteiger partial charge is 0.360 e. The van der Waals surface area contributed by atoms with Gasteiger partial charge < -0.3 is 5.32 Å². The molecule has 1 N–H and O–H groups in total. The lowest BCUT2D eigenvalue weighted by Gasteiger charge is -2.16. The second-order valence-electron chi connectivity index (χ2n) is 3.21. The number of hydrogen-bond donors (Lipinski definition) is 1. The zero-order valence-electron chi connectivity index (χ0n) is 7.62. The predicted molar refractivity (Wildman–Crippen MR) is 55.2 cm³/mol. The Balaban J connectivity index is 2.39. The fourth-order valence-electron chi connectivity index (χ4n) is 1.49. The fourth-order valence-corrected chi connectivity index (χ4v) is 1.49. The molecule has 0 aliphatic carbocycles. The molecule has 2 rings (SSSR count). The molecule has 2 aliphatic heterocycles. The van der Waals surface area contributed by atoms with E-state index in [4.69, 9.17) is 0 Å². The van der Waals surface area contributed by atoms with Crippen LogP contribution in [0.25, 0.3) is 0 Å². The van der Waals surface area contributed by atoms with Gasteiger partial charge in [0.25, 0.3) is 0 Å². The maximum atomic E-state index is 4.27. The number of hydrogen-bond acceptors (Lipinski definition) is 2. The number of allylic oxidation sites excluding steroid dienone is 6. The summed E-state index contributed by atoms with van der Waals surface area (Å²) in [5.41, 5.74) is 3.30. The van der Waals surface area contributed by atoms with E-state index in [2.05, 4.69) is 29.0 Å². The second-order valence-corrected chi connectivity index (χ2v) is 3.21. The van der Waals surface area contributed by atoms with Gasteiger partial charge in [0.1, 0.15) is 0 Å². The van der Waals surface area contributed by atoms with Crippen molar-refractivity contribution in [1.82, 2.24) is 5.32 Å². The maximum absolute atomic E-state index is 4.27. The number of rotatable bonds is 1. The Morgan fingerprint density at radius 3 is 3.15 bits per heavy atom. The lowest BCUT2D eigenvalue weighted by Crippen LogP contribution is -2.15. The molecule has 0 radical (unpaired) electrons. The molecular weight excluding hydrogens is 160 g/mol. The zero-order chi connectivity index (χ0) is 9.26. The minimum Gasteiger partial charge on any atom is -0.360 e. The number of nitrogens with zero attached hydrogens (tertiary/aromatic N) is 1. The van der Waals surface area contributed by atoms with Crippen molar-refractivity contribution in [3.8, 4) is 0 Å². The van der Waals surface area contributed by atoms with Crippen LogP contribution in [0.5, 0.6) is 0 Å². The average molecular weight is 172 g/mol. The van der Waals surface area contributed by atoms with E-state index in [0.29, 0.717) is 5.92 Å². The van der Waals surface area contributed by atoms with Crippen LogP contribution in [0.3, 0.4) is 0 Å². The summed E-state index contributed by atoms with van der Waals surface area (Å²) < 4.78 is 0. The minimum absolute atomic E-state index is 0.330. The van der Waals surface area contributed by atoms with Crippen LogP contribution in [0.15, 0.2) is 53.0 Å². The van der Waals surface area contributed by atoms with Gasteiger partial charge in [-0.3, -0.25) is 4.99 Å². The average Bonchev–Trinajstić information content (AvgIpc) is 2.27. The highest BCUT2D eigenvalue weighted by atomic mass is 14.9. The topological polar surface area (TPSA) is 24.4 Å². The van der Waals surface area contributed by atoms with E-state index in [1.807, 2.05) is 25.4 Å². The molecule has 13 heavy (non-hydrogen) atoms. The summed E-state index contributed by atoms with van der Waals surface area (Å²) in [5.74, 6) is 0.330. The third kappa shape index (κ3) is 1.47. The molecule has 66 valence electrons. The standard InChI is InChI=1S/C11H12N2/c1-3-9-6-13-11-5-10(9)4-8(2)12-7-11/h3-7,10,13H,1H2,2H3. The number of dihydropyridines is 1. The van der Waals surface area contributed by atoms with Crippen molar-refractivity contribution in [2.75, 3.05) is 0 Å². The van der Waals surface area contributed by atoms with E-state index >= 15 is 0 Å². The van der Waals surface area contributed by atoms with E-state index in [-0.39, 0.29) is 0 Å². The Hall–Kier alpha value is -1.57. The normalized spacial score (nSPS) is 25.0.